The zero-order valence-electron chi connectivity index (χ0n) is 17.1. The van der Waals surface area contributed by atoms with E-state index in [0.717, 1.165) is 28.1 Å². The number of aromatic nitrogens is 1. The van der Waals surface area contributed by atoms with Gasteiger partial charge in [-0.25, -0.2) is 4.98 Å². The van der Waals surface area contributed by atoms with Crippen LogP contribution in [0.1, 0.15) is 11.1 Å². The Morgan fingerprint density at radius 2 is 1.84 bits per heavy atom. The lowest BCUT2D eigenvalue weighted by Crippen LogP contribution is -1.94. The zero-order valence-corrected chi connectivity index (χ0v) is 17.1. The standard InChI is InChI=1S/C25H17N3O4/c1-31-24-13-17(6-10-23(24)32-25-11-9-22(16-27-25)28(29)30)12-21(15-26)20-8-7-18-4-2-3-5-19(18)14-20/h2-14,16H,1H3. The number of rotatable bonds is 6. The fourth-order valence-electron chi connectivity index (χ4n) is 3.22. The highest BCUT2D eigenvalue weighted by molar-refractivity contribution is 5.94. The van der Waals surface area contributed by atoms with Crippen LogP contribution < -0.4 is 9.47 Å². The molecule has 7 nitrogen and oxygen atoms in total. The van der Waals surface area contributed by atoms with Crippen molar-refractivity contribution < 1.29 is 14.4 Å². The summed E-state index contributed by atoms with van der Waals surface area (Å²) in [7, 11) is 1.51. The average Bonchev–Trinajstić information content (AvgIpc) is 2.83. The molecular weight excluding hydrogens is 406 g/mol. The second kappa shape index (κ2) is 8.98. The normalized spacial score (nSPS) is 11.1. The van der Waals surface area contributed by atoms with E-state index >= 15 is 0 Å². The van der Waals surface area contributed by atoms with Gasteiger partial charge in [0.15, 0.2) is 11.5 Å². The molecule has 7 heteroatoms. The van der Waals surface area contributed by atoms with Gasteiger partial charge in [-0.3, -0.25) is 10.1 Å². The lowest BCUT2D eigenvalue weighted by molar-refractivity contribution is -0.385. The molecule has 0 N–H and O–H groups in total. The molecule has 4 aromatic rings. The lowest BCUT2D eigenvalue weighted by Gasteiger charge is -2.10. The number of pyridine rings is 1. The molecule has 0 fully saturated rings. The summed E-state index contributed by atoms with van der Waals surface area (Å²) in [6.45, 7) is 0. The van der Waals surface area contributed by atoms with Gasteiger partial charge >= 0.3 is 0 Å². The van der Waals surface area contributed by atoms with Gasteiger partial charge in [0, 0.05) is 12.1 Å². The molecular formula is C25H17N3O4. The van der Waals surface area contributed by atoms with Gasteiger partial charge in [0.1, 0.15) is 6.20 Å². The second-order valence-electron chi connectivity index (χ2n) is 6.86. The van der Waals surface area contributed by atoms with Crippen LogP contribution in [-0.2, 0) is 0 Å². The number of nitrogens with zero attached hydrogens (tertiary/aromatic N) is 3. The third-order valence-corrected chi connectivity index (χ3v) is 4.83. The van der Waals surface area contributed by atoms with Crippen molar-refractivity contribution in [1.29, 1.82) is 5.26 Å². The summed E-state index contributed by atoms with van der Waals surface area (Å²) in [6, 6.07) is 24.1. The molecule has 3 aromatic carbocycles. The number of hydrogen-bond donors (Lipinski definition) is 0. The van der Waals surface area contributed by atoms with Crippen molar-refractivity contribution in [3.05, 3.63) is 100 Å². The van der Waals surface area contributed by atoms with Crippen molar-refractivity contribution in [2.24, 2.45) is 0 Å². The molecule has 0 unspecified atom stereocenters. The molecule has 32 heavy (non-hydrogen) atoms. The van der Waals surface area contributed by atoms with Crippen molar-refractivity contribution in [3.63, 3.8) is 0 Å². The smallest absolute Gasteiger partial charge is 0.287 e. The molecule has 0 bridgehead atoms. The van der Waals surface area contributed by atoms with Crippen molar-refractivity contribution in [2.45, 2.75) is 0 Å². The van der Waals surface area contributed by atoms with Crippen molar-refractivity contribution in [3.8, 4) is 23.4 Å². The van der Waals surface area contributed by atoms with E-state index in [-0.39, 0.29) is 11.6 Å². The molecule has 0 saturated heterocycles. The van der Waals surface area contributed by atoms with Crippen molar-refractivity contribution in [1.82, 2.24) is 4.98 Å². The van der Waals surface area contributed by atoms with E-state index in [2.05, 4.69) is 11.1 Å². The molecule has 0 aliphatic carbocycles. The summed E-state index contributed by atoms with van der Waals surface area (Å²) in [5.74, 6) is 1.04. The van der Waals surface area contributed by atoms with Gasteiger partial charge in [-0.1, -0.05) is 42.5 Å². The highest BCUT2D eigenvalue weighted by atomic mass is 16.6. The van der Waals surface area contributed by atoms with E-state index in [4.69, 9.17) is 9.47 Å². The molecule has 0 atom stereocenters. The van der Waals surface area contributed by atoms with Crippen LogP contribution >= 0.6 is 0 Å². The predicted octanol–water partition coefficient (Wildman–Crippen LogP) is 6.01. The summed E-state index contributed by atoms with van der Waals surface area (Å²) >= 11 is 0. The predicted molar refractivity (Wildman–Crippen MR) is 121 cm³/mol. The fraction of sp³-hybridized carbons (Fsp3) is 0.0400. The van der Waals surface area contributed by atoms with Crippen LogP contribution in [0.25, 0.3) is 22.4 Å². The maximum Gasteiger partial charge on any atom is 0.287 e. The Hall–Kier alpha value is -4.70. The van der Waals surface area contributed by atoms with E-state index in [9.17, 15) is 15.4 Å². The third kappa shape index (κ3) is 4.40. The zero-order chi connectivity index (χ0) is 22.5. The highest BCUT2D eigenvalue weighted by Gasteiger charge is 2.11. The number of nitro groups is 1. The first-order chi connectivity index (χ1) is 15.6. The van der Waals surface area contributed by atoms with Crippen LogP contribution in [0.5, 0.6) is 17.4 Å². The Kier molecular flexibility index (Phi) is 5.77. The quantitative estimate of drug-likeness (QED) is 0.163. The highest BCUT2D eigenvalue weighted by Crippen LogP contribution is 2.33. The first-order valence-electron chi connectivity index (χ1n) is 9.64. The molecule has 0 spiro atoms. The van der Waals surface area contributed by atoms with Gasteiger partial charge in [0.25, 0.3) is 5.69 Å². The van der Waals surface area contributed by atoms with Crippen molar-refractivity contribution >= 4 is 28.1 Å². The SMILES string of the molecule is COc1cc(C=C(C#N)c2ccc3ccccc3c2)ccc1Oc1ccc([N+](=O)[O-])cn1. The number of methoxy groups -OCH3 is 1. The van der Waals surface area contributed by atoms with Crippen LogP contribution in [0.3, 0.4) is 0 Å². The second-order valence-corrected chi connectivity index (χ2v) is 6.86. The topological polar surface area (TPSA) is 98.3 Å². The number of allylic oxidation sites excluding steroid dienone is 1. The number of hydrogen-bond acceptors (Lipinski definition) is 6. The Morgan fingerprint density at radius 1 is 1.03 bits per heavy atom. The maximum absolute atomic E-state index is 10.8. The maximum atomic E-state index is 10.8. The van der Waals surface area contributed by atoms with Gasteiger partial charge in [-0.05, 0) is 46.2 Å². The fourth-order valence-corrected chi connectivity index (χ4v) is 3.22. The molecule has 4 rings (SSSR count). The average molecular weight is 423 g/mol. The lowest BCUT2D eigenvalue weighted by atomic mass is 10.00. The molecule has 1 aromatic heterocycles. The van der Waals surface area contributed by atoms with E-state index in [1.807, 2.05) is 42.5 Å². The Balaban J connectivity index is 1.62. The summed E-state index contributed by atoms with van der Waals surface area (Å²) in [4.78, 5) is 14.2. The molecule has 1 heterocycles. The van der Waals surface area contributed by atoms with Gasteiger partial charge in [-0.15, -0.1) is 0 Å². The van der Waals surface area contributed by atoms with Gasteiger partial charge in [-0.2, -0.15) is 5.26 Å². The van der Waals surface area contributed by atoms with Gasteiger partial charge in [0.2, 0.25) is 5.88 Å². The minimum absolute atomic E-state index is 0.123. The van der Waals surface area contributed by atoms with Gasteiger partial charge < -0.3 is 9.47 Å². The van der Waals surface area contributed by atoms with Crippen LogP contribution in [0.2, 0.25) is 0 Å². The molecule has 0 amide bonds. The molecule has 0 aliphatic rings. The molecule has 156 valence electrons. The van der Waals surface area contributed by atoms with Crippen LogP contribution in [0, 0.1) is 21.4 Å². The van der Waals surface area contributed by atoms with E-state index in [1.165, 1.54) is 19.2 Å². The molecule has 0 saturated carbocycles. The largest absolute Gasteiger partial charge is 0.493 e. The summed E-state index contributed by atoms with van der Waals surface area (Å²) in [5.41, 5.74) is 1.97. The van der Waals surface area contributed by atoms with E-state index in [1.54, 1.807) is 24.3 Å². The van der Waals surface area contributed by atoms with E-state index in [0.29, 0.717) is 17.1 Å². The Labute approximate surface area is 183 Å². The first kappa shape index (κ1) is 20.6. The minimum atomic E-state index is -0.527. The van der Waals surface area contributed by atoms with Crippen molar-refractivity contribution in [2.75, 3.05) is 7.11 Å². The van der Waals surface area contributed by atoms with Crippen LogP contribution in [-0.4, -0.2) is 17.0 Å². The van der Waals surface area contributed by atoms with Crippen LogP contribution in [0.4, 0.5) is 5.69 Å². The Bertz CT molecular complexity index is 1370. The first-order valence-corrected chi connectivity index (χ1v) is 9.64. The summed E-state index contributed by atoms with van der Waals surface area (Å²) < 4.78 is 11.1. The monoisotopic (exact) mass is 423 g/mol. The number of nitriles is 1. The molecule has 0 aliphatic heterocycles. The minimum Gasteiger partial charge on any atom is -0.493 e. The van der Waals surface area contributed by atoms with E-state index < -0.39 is 4.92 Å². The Morgan fingerprint density at radius 3 is 2.53 bits per heavy atom. The number of benzene rings is 3. The van der Waals surface area contributed by atoms with Crippen LogP contribution in [0.15, 0.2) is 79.0 Å². The van der Waals surface area contributed by atoms with Gasteiger partial charge in [0.05, 0.1) is 23.7 Å². The molecule has 0 radical (unpaired) electrons. The third-order valence-electron chi connectivity index (χ3n) is 4.83. The number of ether oxygens (including phenoxy) is 2. The number of fused-ring (bicyclic) bond motifs is 1. The summed E-state index contributed by atoms with van der Waals surface area (Å²) in [5, 5.41) is 22.7. The summed E-state index contributed by atoms with van der Waals surface area (Å²) in [6.07, 6.45) is 2.90.